The predicted molar refractivity (Wildman–Crippen MR) is 55.4 cm³/mol. The lowest BCUT2D eigenvalue weighted by molar-refractivity contribution is 0.0295. The predicted octanol–water partition coefficient (Wildman–Crippen LogP) is 1.33. The number of rotatable bonds is 3. The molecule has 78 valence electrons. The fraction of sp³-hybridized carbons (Fsp3) is 0.500. The molecular formula is C10H14ClNO2. The smallest absolute Gasteiger partial charge is 0.123 e. The van der Waals surface area contributed by atoms with Gasteiger partial charge < -0.3 is 10.2 Å². The van der Waals surface area contributed by atoms with Gasteiger partial charge in [0.15, 0.2) is 0 Å². The van der Waals surface area contributed by atoms with Crippen LogP contribution in [0.2, 0.25) is 0 Å². The van der Waals surface area contributed by atoms with E-state index in [1.165, 1.54) is 0 Å². The third-order valence-corrected chi connectivity index (χ3v) is 2.37. The van der Waals surface area contributed by atoms with E-state index in [0.29, 0.717) is 5.69 Å². The molecule has 1 heterocycles. The van der Waals surface area contributed by atoms with Crippen LogP contribution in [0.1, 0.15) is 22.9 Å². The summed E-state index contributed by atoms with van der Waals surface area (Å²) in [6.07, 6.45) is -0.314. The summed E-state index contributed by atoms with van der Waals surface area (Å²) < 4.78 is 0. The quantitative estimate of drug-likeness (QED) is 0.749. The van der Waals surface area contributed by atoms with E-state index in [4.69, 9.17) is 11.6 Å². The molecule has 2 atom stereocenters. The highest BCUT2D eigenvalue weighted by molar-refractivity contribution is 6.18. The van der Waals surface area contributed by atoms with E-state index in [1.807, 2.05) is 19.9 Å². The zero-order valence-corrected chi connectivity index (χ0v) is 8.99. The van der Waals surface area contributed by atoms with E-state index in [1.54, 1.807) is 6.20 Å². The Balaban J connectivity index is 2.95. The number of alkyl halides is 1. The van der Waals surface area contributed by atoms with Gasteiger partial charge >= 0.3 is 0 Å². The van der Waals surface area contributed by atoms with E-state index in [9.17, 15) is 10.2 Å². The summed E-state index contributed by atoms with van der Waals surface area (Å²) >= 11 is 5.44. The van der Waals surface area contributed by atoms with Crippen molar-refractivity contribution < 1.29 is 10.2 Å². The normalized spacial score (nSPS) is 15.2. The third kappa shape index (κ3) is 2.44. The highest BCUT2D eigenvalue weighted by atomic mass is 35.5. The number of aromatic nitrogens is 1. The third-order valence-electron chi connectivity index (χ3n) is 2.06. The van der Waals surface area contributed by atoms with Gasteiger partial charge in [-0.15, -0.1) is 11.6 Å². The van der Waals surface area contributed by atoms with Gasteiger partial charge in [-0.1, -0.05) is 6.07 Å². The first kappa shape index (κ1) is 11.4. The molecule has 0 aliphatic heterocycles. The van der Waals surface area contributed by atoms with Crippen LogP contribution in [0, 0.1) is 13.8 Å². The molecule has 0 saturated heterocycles. The molecule has 0 spiro atoms. The lowest BCUT2D eigenvalue weighted by Crippen LogP contribution is -2.21. The van der Waals surface area contributed by atoms with Crippen LogP contribution in [0.15, 0.2) is 12.3 Å². The number of halogens is 1. The molecule has 0 bridgehead atoms. The van der Waals surface area contributed by atoms with Gasteiger partial charge in [0.05, 0.1) is 17.7 Å². The van der Waals surface area contributed by atoms with Crippen LogP contribution in [-0.4, -0.2) is 27.2 Å². The van der Waals surface area contributed by atoms with Crippen LogP contribution >= 0.6 is 11.6 Å². The summed E-state index contributed by atoms with van der Waals surface area (Å²) in [5.74, 6) is -0.00381. The van der Waals surface area contributed by atoms with Gasteiger partial charge in [-0.2, -0.15) is 0 Å². The van der Waals surface area contributed by atoms with Crippen molar-refractivity contribution in [2.24, 2.45) is 0 Å². The Hall–Kier alpha value is -0.640. The molecule has 1 aromatic rings. The number of pyridine rings is 1. The molecule has 2 N–H and O–H groups in total. The van der Waals surface area contributed by atoms with E-state index >= 15 is 0 Å². The van der Waals surface area contributed by atoms with E-state index < -0.39 is 12.2 Å². The Kier molecular flexibility index (Phi) is 3.86. The molecule has 1 rings (SSSR count). The maximum Gasteiger partial charge on any atom is 0.123 e. The van der Waals surface area contributed by atoms with Crippen molar-refractivity contribution >= 4 is 11.6 Å². The zero-order valence-electron chi connectivity index (χ0n) is 8.24. The maximum atomic E-state index is 9.66. The first-order valence-corrected chi connectivity index (χ1v) is 4.95. The second-order valence-electron chi connectivity index (χ2n) is 3.38. The minimum absolute atomic E-state index is 0.00381. The number of aryl methyl sites for hydroxylation is 2. The molecule has 3 nitrogen and oxygen atoms in total. The standard InChI is InChI=1S/C10H14ClNO2/c1-6-3-7(2)9(12-5-6)10(14)8(13)4-11/h3,5,8,10,13-14H,4H2,1-2H3. The van der Waals surface area contributed by atoms with Crippen LogP contribution < -0.4 is 0 Å². The van der Waals surface area contributed by atoms with Crippen molar-refractivity contribution in [2.75, 3.05) is 5.88 Å². The summed E-state index contributed by atoms with van der Waals surface area (Å²) in [5.41, 5.74) is 2.38. The number of hydrogen-bond donors (Lipinski definition) is 2. The zero-order chi connectivity index (χ0) is 10.7. The Bertz CT molecular complexity index is 317. The molecule has 0 aliphatic rings. The van der Waals surface area contributed by atoms with Crippen molar-refractivity contribution in [2.45, 2.75) is 26.1 Å². The molecule has 2 unspecified atom stereocenters. The fourth-order valence-electron chi connectivity index (χ4n) is 1.30. The molecule has 1 aromatic heterocycles. The van der Waals surface area contributed by atoms with Crippen LogP contribution in [0.3, 0.4) is 0 Å². The van der Waals surface area contributed by atoms with Gasteiger partial charge in [-0.25, -0.2) is 0 Å². The van der Waals surface area contributed by atoms with Crippen molar-refractivity contribution in [3.05, 3.63) is 29.1 Å². The molecule has 0 radical (unpaired) electrons. The molecule has 4 heteroatoms. The Morgan fingerprint density at radius 3 is 2.57 bits per heavy atom. The van der Waals surface area contributed by atoms with E-state index in [0.717, 1.165) is 11.1 Å². The minimum atomic E-state index is -1.01. The van der Waals surface area contributed by atoms with Crippen molar-refractivity contribution in [3.63, 3.8) is 0 Å². The van der Waals surface area contributed by atoms with Crippen LogP contribution in [-0.2, 0) is 0 Å². The highest BCUT2D eigenvalue weighted by Gasteiger charge is 2.20. The molecule has 0 fully saturated rings. The summed E-state index contributed by atoms with van der Waals surface area (Å²) in [6, 6.07) is 1.91. The van der Waals surface area contributed by atoms with Crippen LogP contribution in [0.25, 0.3) is 0 Å². The minimum Gasteiger partial charge on any atom is -0.389 e. The topological polar surface area (TPSA) is 53.4 Å². The molecule has 0 amide bonds. The molecular weight excluding hydrogens is 202 g/mol. The van der Waals surface area contributed by atoms with Gasteiger partial charge in [0.2, 0.25) is 0 Å². The Morgan fingerprint density at radius 2 is 2.07 bits per heavy atom. The molecule has 14 heavy (non-hydrogen) atoms. The van der Waals surface area contributed by atoms with Gasteiger partial charge in [-0.3, -0.25) is 4.98 Å². The van der Waals surface area contributed by atoms with Crippen LogP contribution in [0.4, 0.5) is 0 Å². The van der Waals surface area contributed by atoms with Gasteiger partial charge in [0, 0.05) is 6.20 Å². The molecule has 0 saturated carbocycles. The number of aliphatic hydroxyl groups excluding tert-OH is 2. The van der Waals surface area contributed by atoms with Crippen molar-refractivity contribution in [1.29, 1.82) is 0 Å². The second kappa shape index (κ2) is 4.73. The van der Waals surface area contributed by atoms with Crippen molar-refractivity contribution in [1.82, 2.24) is 4.98 Å². The van der Waals surface area contributed by atoms with Crippen molar-refractivity contribution in [3.8, 4) is 0 Å². The molecule has 0 aromatic carbocycles. The summed E-state index contributed by atoms with van der Waals surface area (Å²) in [6.45, 7) is 3.77. The first-order valence-electron chi connectivity index (χ1n) is 4.41. The van der Waals surface area contributed by atoms with E-state index in [2.05, 4.69) is 4.98 Å². The van der Waals surface area contributed by atoms with Gasteiger partial charge in [0.1, 0.15) is 6.10 Å². The lowest BCUT2D eigenvalue weighted by Gasteiger charge is -2.16. The average molecular weight is 216 g/mol. The summed E-state index contributed by atoms with van der Waals surface area (Å²) in [5, 5.41) is 19.0. The summed E-state index contributed by atoms with van der Waals surface area (Å²) in [7, 11) is 0. The first-order chi connectivity index (χ1) is 6.56. The molecule has 0 aliphatic carbocycles. The average Bonchev–Trinajstić information content (AvgIpc) is 2.15. The second-order valence-corrected chi connectivity index (χ2v) is 3.69. The van der Waals surface area contributed by atoms with Crippen LogP contribution in [0.5, 0.6) is 0 Å². The Morgan fingerprint density at radius 1 is 1.43 bits per heavy atom. The van der Waals surface area contributed by atoms with E-state index in [-0.39, 0.29) is 5.88 Å². The number of nitrogens with zero attached hydrogens (tertiary/aromatic N) is 1. The highest BCUT2D eigenvalue weighted by Crippen LogP contribution is 2.19. The maximum absolute atomic E-state index is 9.66. The monoisotopic (exact) mass is 215 g/mol. The Labute approximate surface area is 88.4 Å². The SMILES string of the molecule is Cc1cnc(C(O)C(O)CCl)c(C)c1. The number of hydrogen-bond acceptors (Lipinski definition) is 3. The van der Waals surface area contributed by atoms with Gasteiger partial charge in [-0.05, 0) is 25.0 Å². The lowest BCUT2D eigenvalue weighted by atomic mass is 10.1. The van der Waals surface area contributed by atoms with Gasteiger partial charge in [0.25, 0.3) is 0 Å². The number of aliphatic hydroxyl groups is 2. The fourth-order valence-corrected chi connectivity index (χ4v) is 1.47. The largest absolute Gasteiger partial charge is 0.389 e. The summed E-state index contributed by atoms with van der Waals surface area (Å²) in [4.78, 5) is 4.08.